The van der Waals surface area contributed by atoms with Gasteiger partial charge in [0, 0.05) is 54.8 Å². The number of hydrogen-bond acceptors (Lipinski definition) is 5. The third kappa shape index (κ3) is 4.49. The Kier molecular flexibility index (Phi) is 5.55. The van der Waals surface area contributed by atoms with Gasteiger partial charge in [0.1, 0.15) is 4.34 Å². The number of thioether (sulfide) groups is 1. The summed E-state index contributed by atoms with van der Waals surface area (Å²) in [7, 11) is 3.70. The monoisotopic (exact) mass is 372 g/mol. The molecule has 25 heavy (non-hydrogen) atoms. The molecule has 0 atom stereocenters. The number of rotatable bonds is 6. The first-order valence-corrected chi connectivity index (χ1v) is 9.75. The number of amides is 1. The maximum Gasteiger partial charge on any atom is 0.254 e. The topological polar surface area (TPSA) is 51.0 Å². The molecule has 0 aliphatic heterocycles. The minimum Gasteiger partial charge on any atom is -0.337 e. The van der Waals surface area contributed by atoms with E-state index in [2.05, 4.69) is 10.1 Å². The fraction of sp³-hybridized carbons (Fsp3) is 0.278. The van der Waals surface area contributed by atoms with Crippen LogP contribution >= 0.6 is 23.1 Å². The molecule has 0 radical (unpaired) electrons. The molecule has 0 fully saturated rings. The van der Waals surface area contributed by atoms with Crippen LogP contribution < -0.4 is 0 Å². The standard InChI is InChI=1S/C18H20N4OS2/c1-13-11-24-18(20-13)25-12-15-6-4-5-7-16(15)17(23)21(2)9-14-8-19-22(3)10-14/h4-8,10-11H,9,12H2,1-3H3. The summed E-state index contributed by atoms with van der Waals surface area (Å²) in [6.45, 7) is 2.53. The maximum atomic E-state index is 12.9. The van der Waals surface area contributed by atoms with E-state index in [9.17, 15) is 4.79 Å². The van der Waals surface area contributed by atoms with Gasteiger partial charge in [0.2, 0.25) is 0 Å². The molecule has 1 aromatic carbocycles. The van der Waals surface area contributed by atoms with Gasteiger partial charge in [-0.2, -0.15) is 5.10 Å². The van der Waals surface area contributed by atoms with Crippen LogP contribution in [0.1, 0.15) is 27.2 Å². The molecule has 0 aliphatic carbocycles. The zero-order valence-corrected chi connectivity index (χ0v) is 16.1. The minimum atomic E-state index is 0.0235. The molecule has 5 nitrogen and oxygen atoms in total. The predicted octanol–water partition coefficient (Wildman–Crippen LogP) is 3.75. The third-order valence-electron chi connectivity index (χ3n) is 3.72. The van der Waals surface area contributed by atoms with E-state index >= 15 is 0 Å². The fourth-order valence-corrected chi connectivity index (χ4v) is 4.35. The first-order valence-electron chi connectivity index (χ1n) is 7.89. The highest BCUT2D eigenvalue weighted by atomic mass is 32.2. The van der Waals surface area contributed by atoms with Gasteiger partial charge in [-0.25, -0.2) is 4.98 Å². The largest absolute Gasteiger partial charge is 0.337 e. The Morgan fingerprint density at radius 1 is 1.36 bits per heavy atom. The zero-order valence-electron chi connectivity index (χ0n) is 14.5. The summed E-state index contributed by atoms with van der Waals surface area (Å²) in [4.78, 5) is 19.1. The van der Waals surface area contributed by atoms with E-state index in [1.54, 1.807) is 38.9 Å². The molecule has 0 saturated heterocycles. The normalized spacial score (nSPS) is 10.8. The summed E-state index contributed by atoms with van der Waals surface area (Å²) in [6, 6.07) is 7.79. The molecule has 7 heteroatoms. The molecule has 0 bridgehead atoms. The SMILES string of the molecule is Cc1csc(SCc2ccccc2C(=O)N(C)Cc2cnn(C)c2)n1. The quantitative estimate of drug-likeness (QED) is 0.619. The van der Waals surface area contributed by atoms with Gasteiger partial charge >= 0.3 is 0 Å². The maximum absolute atomic E-state index is 12.9. The lowest BCUT2D eigenvalue weighted by Gasteiger charge is -2.18. The lowest BCUT2D eigenvalue weighted by molar-refractivity contribution is 0.0784. The highest BCUT2D eigenvalue weighted by Gasteiger charge is 2.16. The van der Waals surface area contributed by atoms with Crippen LogP contribution in [0.15, 0.2) is 46.4 Å². The van der Waals surface area contributed by atoms with Gasteiger partial charge in [0.25, 0.3) is 5.91 Å². The van der Waals surface area contributed by atoms with E-state index < -0.39 is 0 Å². The minimum absolute atomic E-state index is 0.0235. The van der Waals surface area contributed by atoms with Crippen molar-refractivity contribution in [3.05, 3.63) is 64.4 Å². The Balaban J connectivity index is 1.71. The summed E-state index contributed by atoms with van der Waals surface area (Å²) < 4.78 is 2.78. The fourth-order valence-electron chi connectivity index (χ4n) is 2.50. The number of thiazole rings is 1. The molecule has 0 aliphatic rings. The first-order chi connectivity index (χ1) is 12.0. The van der Waals surface area contributed by atoms with E-state index in [0.29, 0.717) is 6.54 Å². The Labute approximate surface area is 155 Å². The Morgan fingerprint density at radius 2 is 2.16 bits per heavy atom. The molecule has 2 aromatic heterocycles. The van der Waals surface area contributed by atoms with Crippen LogP contribution in [0.2, 0.25) is 0 Å². The van der Waals surface area contributed by atoms with Crippen LogP contribution in [0.25, 0.3) is 0 Å². The number of benzene rings is 1. The number of aromatic nitrogens is 3. The smallest absolute Gasteiger partial charge is 0.254 e. The van der Waals surface area contributed by atoms with E-state index in [0.717, 1.165) is 32.5 Å². The van der Waals surface area contributed by atoms with E-state index in [-0.39, 0.29) is 5.91 Å². The van der Waals surface area contributed by atoms with Crippen LogP contribution in [0.4, 0.5) is 0 Å². The van der Waals surface area contributed by atoms with E-state index in [1.807, 2.05) is 56.9 Å². The zero-order chi connectivity index (χ0) is 17.8. The van der Waals surface area contributed by atoms with E-state index in [4.69, 9.17) is 0 Å². The Morgan fingerprint density at radius 3 is 2.84 bits per heavy atom. The molecular formula is C18H20N4OS2. The number of nitrogens with zero attached hydrogens (tertiary/aromatic N) is 4. The van der Waals surface area contributed by atoms with Gasteiger partial charge in [-0.1, -0.05) is 30.0 Å². The third-order valence-corrected chi connectivity index (χ3v) is 5.91. The Bertz CT molecular complexity index is 871. The van der Waals surface area contributed by atoms with Crippen LogP contribution in [-0.2, 0) is 19.3 Å². The number of carbonyl (C=O) groups is 1. The van der Waals surface area contributed by atoms with Gasteiger partial charge in [-0.15, -0.1) is 11.3 Å². The highest BCUT2D eigenvalue weighted by molar-refractivity contribution is 8.00. The second-order valence-electron chi connectivity index (χ2n) is 5.88. The van der Waals surface area contributed by atoms with Crippen LogP contribution in [0, 0.1) is 6.92 Å². The molecule has 3 aromatic rings. The van der Waals surface area contributed by atoms with Crippen molar-refractivity contribution < 1.29 is 4.79 Å². The molecule has 0 spiro atoms. The van der Waals surface area contributed by atoms with Crippen molar-refractivity contribution in [2.45, 2.75) is 23.6 Å². The molecule has 130 valence electrons. The van der Waals surface area contributed by atoms with Crippen molar-refractivity contribution in [3.63, 3.8) is 0 Å². The summed E-state index contributed by atoms with van der Waals surface area (Å²) in [6.07, 6.45) is 3.71. The van der Waals surface area contributed by atoms with Crippen LogP contribution in [0.5, 0.6) is 0 Å². The number of carbonyl (C=O) groups excluding carboxylic acids is 1. The van der Waals surface area contributed by atoms with Crippen molar-refractivity contribution in [2.24, 2.45) is 7.05 Å². The van der Waals surface area contributed by atoms with Gasteiger partial charge in [0.05, 0.1) is 6.20 Å². The molecule has 0 N–H and O–H groups in total. The second kappa shape index (κ2) is 7.84. The molecule has 0 unspecified atom stereocenters. The molecule has 0 saturated carbocycles. The van der Waals surface area contributed by atoms with Crippen molar-refractivity contribution >= 4 is 29.0 Å². The summed E-state index contributed by atoms with van der Waals surface area (Å²) >= 11 is 3.31. The van der Waals surface area contributed by atoms with Crippen molar-refractivity contribution in [2.75, 3.05) is 7.05 Å². The first kappa shape index (κ1) is 17.7. The Hall–Kier alpha value is -2.12. The molecule has 3 rings (SSSR count). The van der Waals surface area contributed by atoms with Crippen molar-refractivity contribution in [3.8, 4) is 0 Å². The molecular weight excluding hydrogens is 352 g/mol. The average Bonchev–Trinajstić information content (AvgIpc) is 3.20. The van der Waals surface area contributed by atoms with Gasteiger partial charge in [0.15, 0.2) is 0 Å². The highest BCUT2D eigenvalue weighted by Crippen LogP contribution is 2.27. The van der Waals surface area contributed by atoms with E-state index in [1.165, 1.54) is 0 Å². The van der Waals surface area contributed by atoms with Gasteiger partial charge in [-0.3, -0.25) is 9.48 Å². The van der Waals surface area contributed by atoms with Gasteiger partial charge in [-0.05, 0) is 18.6 Å². The second-order valence-corrected chi connectivity index (χ2v) is 7.96. The van der Waals surface area contributed by atoms with Crippen LogP contribution in [0.3, 0.4) is 0 Å². The number of hydrogen-bond donors (Lipinski definition) is 0. The lowest BCUT2D eigenvalue weighted by atomic mass is 10.1. The summed E-state index contributed by atoms with van der Waals surface area (Å²) in [5.74, 6) is 0.755. The number of aryl methyl sites for hydroxylation is 2. The average molecular weight is 373 g/mol. The summed E-state index contributed by atoms with van der Waals surface area (Å²) in [5, 5.41) is 6.20. The van der Waals surface area contributed by atoms with Crippen molar-refractivity contribution in [1.29, 1.82) is 0 Å². The predicted molar refractivity (Wildman–Crippen MR) is 102 cm³/mol. The molecule has 1 amide bonds. The van der Waals surface area contributed by atoms with Crippen molar-refractivity contribution in [1.82, 2.24) is 19.7 Å². The van der Waals surface area contributed by atoms with Crippen LogP contribution in [-0.4, -0.2) is 32.6 Å². The summed E-state index contributed by atoms with van der Waals surface area (Å²) in [5.41, 5.74) is 3.83. The lowest BCUT2D eigenvalue weighted by Crippen LogP contribution is -2.27. The molecule has 2 heterocycles. The van der Waals surface area contributed by atoms with Gasteiger partial charge < -0.3 is 4.90 Å².